The van der Waals surface area contributed by atoms with E-state index in [1.54, 1.807) is 6.20 Å². The standard InChI is InChI=1S/C16H27N3O/c1-11(2)15-18-10-14(13(9-17)19-15)20-12-5-7-16(3,4)8-6-12/h10-12H,5-9,17H2,1-4H3. The quantitative estimate of drug-likeness (QED) is 0.916. The van der Waals surface area contributed by atoms with E-state index in [0.717, 1.165) is 30.1 Å². The SMILES string of the molecule is CC(C)c1ncc(OC2CCC(C)(C)CC2)c(CN)n1. The maximum absolute atomic E-state index is 6.10. The first-order valence-corrected chi connectivity index (χ1v) is 7.64. The molecular formula is C16H27N3O. The van der Waals surface area contributed by atoms with Gasteiger partial charge in [-0.25, -0.2) is 9.97 Å². The van der Waals surface area contributed by atoms with Crippen LogP contribution in [0.15, 0.2) is 6.20 Å². The number of aromatic nitrogens is 2. The number of nitrogens with zero attached hydrogens (tertiary/aromatic N) is 2. The molecule has 1 heterocycles. The van der Waals surface area contributed by atoms with Crippen LogP contribution in [0.25, 0.3) is 0 Å². The average Bonchev–Trinajstić information content (AvgIpc) is 2.41. The first-order chi connectivity index (χ1) is 9.41. The summed E-state index contributed by atoms with van der Waals surface area (Å²) in [6.07, 6.45) is 6.69. The molecule has 1 aromatic rings. The number of hydrogen-bond donors (Lipinski definition) is 1. The molecule has 20 heavy (non-hydrogen) atoms. The van der Waals surface area contributed by atoms with Crippen molar-refractivity contribution >= 4 is 0 Å². The van der Waals surface area contributed by atoms with Crippen LogP contribution in [-0.4, -0.2) is 16.1 Å². The van der Waals surface area contributed by atoms with E-state index in [1.165, 1.54) is 12.8 Å². The summed E-state index contributed by atoms with van der Waals surface area (Å²) in [7, 11) is 0. The lowest BCUT2D eigenvalue weighted by Gasteiger charge is -2.34. The van der Waals surface area contributed by atoms with E-state index in [0.29, 0.717) is 17.9 Å². The first-order valence-electron chi connectivity index (χ1n) is 7.64. The van der Waals surface area contributed by atoms with Gasteiger partial charge < -0.3 is 10.5 Å². The van der Waals surface area contributed by atoms with Gasteiger partial charge in [0.2, 0.25) is 0 Å². The van der Waals surface area contributed by atoms with Gasteiger partial charge in [-0.3, -0.25) is 0 Å². The molecule has 1 aliphatic rings. The largest absolute Gasteiger partial charge is 0.487 e. The van der Waals surface area contributed by atoms with Gasteiger partial charge in [0.25, 0.3) is 0 Å². The molecule has 0 bridgehead atoms. The van der Waals surface area contributed by atoms with Crippen molar-refractivity contribution in [1.29, 1.82) is 0 Å². The normalized spacial score (nSPS) is 19.3. The maximum atomic E-state index is 6.10. The summed E-state index contributed by atoms with van der Waals surface area (Å²) in [5.74, 6) is 1.91. The van der Waals surface area contributed by atoms with E-state index in [1.807, 2.05) is 0 Å². The van der Waals surface area contributed by atoms with Crippen molar-refractivity contribution in [3.63, 3.8) is 0 Å². The lowest BCUT2D eigenvalue weighted by Crippen LogP contribution is -2.29. The van der Waals surface area contributed by atoms with Crippen LogP contribution >= 0.6 is 0 Å². The van der Waals surface area contributed by atoms with Crippen LogP contribution in [0.2, 0.25) is 0 Å². The molecule has 1 fully saturated rings. The van der Waals surface area contributed by atoms with Crippen molar-refractivity contribution in [3.05, 3.63) is 17.7 Å². The van der Waals surface area contributed by atoms with Gasteiger partial charge in [-0.2, -0.15) is 0 Å². The number of hydrogen-bond acceptors (Lipinski definition) is 4. The topological polar surface area (TPSA) is 61.0 Å². The summed E-state index contributed by atoms with van der Waals surface area (Å²) in [4.78, 5) is 8.91. The minimum absolute atomic E-state index is 0.279. The summed E-state index contributed by atoms with van der Waals surface area (Å²) >= 11 is 0. The van der Waals surface area contributed by atoms with E-state index in [9.17, 15) is 0 Å². The van der Waals surface area contributed by atoms with Crippen LogP contribution in [0.5, 0.6) is 5.75 Å². The van der Waals surface area contributed by atoms with Crippen LogP contribution in [-0.2, 0) is 6.54 Å². The van der Waals surface area contributed by atoms with Gasteiger partial charge in [-0.05, 0) is 31.1 Å². The third kappa shape index (κ3) is 3.69. The van der Waals surface area contributed by atoms with Gasteiger partial charge in [-0.15, -0.1) is 0 Å². The summed E-state index contributed by atoms with van der Waals surface area (Å²) < 4.78 is 6.10. The highest BCUT2D eigenvalue weighted by molar-refractivity contribution is 5.25. The molecule has 0 spiro atoms. The fourth-order valence-corrected chi connectivity index (χ4v) is 2.61. The maximum Gasteiger partial charge on any atom is 0.160 e. The van der Waals surface area contributed by atoms with Gasteiger partial charge in [0.05, 0.1) is 18.0 Å². The third-order valence-electron chi connectivity index (χ3n) is 4.14. The molecule has 0 aliphatic heterocycles. The van der Waals surface area contributed by atoms with E-state index in [2.05, 4.69) is 37.7 Å². The summed E-state index contributed by atoms with van der Waals surface area (Å²) in [6, 6.07) is 0. The van der Waals surface area contributed by atoms with Gasteiger partial charge in [0, 0.05) is 12.5 Å². The van der Waals surface area contributed by atoms with Gasteiger partial charge >= 0.3 is 0 Å². The van der Waals surface area contributed by atoms with Crippen molar-refractivity contribution < 1.29 is 4.74 Å². The van der Waals surface area contributed by atoms with Gasteiger partial charge in [-0.1, -0.05) is 27.7 Å². The fourth-order valence-electron chi connectivity index (χ4n) is 2.61. The lowest BCUT2D eigenvalue weighted by atomic mass is 9.76. The predicted molar refractivity (Wildman–Crippen MR) is 80.7 cm³/mol. The van der Waals surface area contributed by atoms with Crippen LogP contribution < -0.4 is 10.5 Å². The molecule has 0 aromatic carbocycles. The van der Waals surface area contributed by atoms with Crippen molar-refractivity contribution in [1.82, 2.24) is 9.97 Å². The number of nitrogens with two attached hydrogens (primary N) is 1. The average molecular weight is 277 g/mol. The Bertz CT molecular complexity index is 447. The Hall–Kier alpha value is -1.16. The van der Waals surface area contributed by atoms with Crippen LogP contribution in [0, 0.1) is 5.41 Å². The Morgan fingerprint density at radius 3 is 2.55 bits per heavy atom. The molecule has 0 amide bonds. The highest BCUT2D eigenvalue weighted by Crippen LogP contribution is 2.36. The Morgan fingerprint density at radius 1 is 1.35 bits per heavy atom. The summed E-state index contributed by atoms with van der Waals surface area (Å²) in [5, 5.41) is 0. The zero-order valence-electron chi connectivity index (χ0n) is 13.1. The predicted octanol–water partition coefficient (Wildman–Crippen LogP) is 3.41. The summed E-state index contributed by atoms with van der Waals surface area (Å²) in [6.45, 7) is 9.22. The zero-order chi connectivity index (χ0) is 14.8. The Balaban J connectivity index is 2.06. The molecule has 1 aliphatic carbocycles. The van der Waals surface area contributed by atoms with Crippen LogP contribution in [0.4, 0.5) is 0 Å². The molecule has 0 radical (unpaired) electrons. The van der Waals surface area contributed by atoms with E-state index < -0.39 is 0 Å². The highest BCUT2D eigenvalue weighted by Gasteiger charge is 2.28. The van der Waals surface area contributed by atoms with Crippen LogP contribution in [0.3, 0.4) is 0 Å². The van der Waals surface area contributed by atoms with E-state index >= 15 is 0 Å². The van der Waals surface area contributed by atoms with E-state index in [-0.39, 0.29) is 6.10 Å². The molecule has 0 atom stereocenters. The molecule has 0 unspecified atom stereocenters. The Labute approximate surface area is 122 Å². The molecule has 2 rings (SSSR count). The fraction of sp³-hybridized carbons (Fsp3) is 0.750. The van der Waals surface area contributed by atoms with Crippen molar-refractivity contribution in [2.75, 3.05) is 0 Å². The minimum atomic E-state index is 0.279. The molecule has 1 aromatic heterocycles. The molecule has 4 heteroatoms. The van der Waals surface area contributed by atoms with Crippen molar-refractivity contribution in [2.24, 2.45) is 11.1 Å². The van der Waals surface area contributed by atoms with Gasteiger partial charge in [0.15, 0.2) is 5.75 Å². The lowest BCUT2D eigenvalue weighted by molar-refractivity contribution is 0.0971. The number of rotatable bonds is 4. The monoisotopic (exact) mass is 277 g/mol. The highest BCUT2D eigenvalue weighted by atomic mass is 16.5. The molecular weight excluding hydrogens is 250 g/mol. The van der Waals surface area contributed by atoms with Gasteiger partial charge in [0.1, 0.15) is 5.82 Å². The smallest absolute Gasteiger partial charge is 0.160 e. The van der Waals surface area contributed by atoms with E-state index in [4.69, 9.17) is 10.5 Å². The first kappa shape index (κ1) is 15.2. The summed E-state index contributed by atoms with van der Waals surface area (Å²) in [5.41, 5.74) is 7.08. The third-order valence-corrected chi connectivity index (χ3v) is 4.14. The minimum Gasteiger partial charge on any atom is -0.487 e. The van der Waals surface area contributed by atoms with Crippen molar-refractivity contribution in [3.8, 4) is 5.75 Å². The second-order valence-electron chi connectivity index (χ2n) is 6.88. The van der Waals surface area contributed by atoms with Crippen molar-refractivity contribution in [2.45, 2.75) is 71.9 Å². The molecule has 2 N–H and O–H groups in total. The number of ether oxygens (including phenoxy) is 1. The Kier molecular flexibility index (Phi) is 4.63. The zero-order valence-corrected chi connectivity index (χ0v) is 13.1. The molecule has 1 saturated carbocycles. The Morgan fingerprint density at radius 2 is 2.00 bits per heavy atom. The molecule has 4 nitrogen and oxygen atoms in total. The molecule has 112 valence electrons. The second kappa shape index (κ2) is 6.08. The van der Waals surface area contributed by atoms with Crippen LogP contribution in [0.1, 0.15) is 70.8 Å². The molecule has 0 saturated heterocycles. The second-order valence-corrected chi connectivity index (χ2v) is 6.88.